The second kappa shape index (κ2) is 16.0. The van der Waals surface area contributed by atoms with Gasteiger partial charge in [0.2, 0.25) is 5.91 Å². The van der Waals surface area contributed by atoms with Crippen molar-refractivity contribution in [2.24, 2.45) is 5.92 Å². The van der Waals surface area contributed by atoms with Gasteiger partial charge < -0.3 is 18.8 Å². The van der Waals surface area contributed by atoms with Crippen LogP contribution in [0.25, 0.3) is 0 Å². The average Bonchev–Trinajstić information content (AvgIpc) is 3.14. The molecule has 4 aromatic carbocycles. The number of benzene rings is 4. The van der Waals surface area contributed by atoms with Crippen molar-refractivity contribution in [2.75, 3.05) is 13.7 Å². The predicted molar refractivity (Wildman–Crippen MR) is 215 cm³/mol. The lowest BCUT2D eigenvalue weighted by Gasteiger charge is -2.53. The number of carbonyl (C=O) groups is 3. The smallest absolute Gasteiger partial charge is 0.356 e. The lowest BCUT2D eigenvalue weighted by Crippen LogP contribution is -2.69. The van der Waals surface area contributed by atoms with Crippen LogP contribution < -0.4 is 20.7 Å². The van der Waals surface area contributed by atoms with E-state index in [1.165, 1.54) is 6.08 Å². The highest BCUT2D eigenvalue weighted by atomic mass is 31.2. The molecule has 7 nitrogen and oxygen atoms in total. The molecule has 0 radical (unpaired) electrons. The van der Waals surface area contributed by atoms with E-state index in [-0.39, 0.29) is 35.2 Å². The van der Waals surface area contributed by atoms with E-state index in [4.69, 9.17) is 13.9 Å². The number of amides is 1. The Bertz CT molecular complexity index is 1850. The number of nitrogens with zero attached hydrogens (tertiary/aromatic N) is 1. The molecule has 1 saturated heterocycles. The Morgan fingerprint density at radius 1 is 0.865 bits per heavy atom. The van der Waals surface area contributed by atoms with E-state index in [1.807, 2.05) is 97.9 Å². The summed E-state index contributed by atoms with van der Waals surface area (Å²) in [5.41, 5.74) is 0.684. The number of rotatable bonds is 14. The first kappa shape index (κ1) is 38.7. The number of hydrogen-bond acceptors (Lipinski definition) is 6. The van der Waals surface area contributed by atoms with Gasteiger partial charge in [-0.25, -0.2) is 4.79 Å². The van der Waals surface area contributed by atoms with Crippen LogP contribution >= 0.6 is 6.89 Å². The quantitative estimate of drug-likeness (QED) is 0.0337. The highest BCUT2D eigenvalue weighted by Crippen LogP contribution is 2.50. The average molecular weight is 736 g/mol. The molecule has 0 bridgehead atoms. The fourth-order valence-electron chi connectivity index (χ4n) is 6.74. The monoisotopic (exact) mass is 735 g/mol. The van der Waals surface area contributed by atoms with Crippen molar-refractivity contribution < 1.29 is 28.3 Å². The topological polar surface area (TPSA) is 82.1 Å². The zero-order chi connectivity index (χ0) is 37.7. The Morgan fingerprint density at radius 2 is 1.38 bits per heavy atom. The molecule has 1 amide bonds. The van der Waals surface area contributed by atoms with Crippen LogP contribution in [-0.2, 0) is 18.8 Å². The van der Waals surface area contributed by atoms with E-state index < -0.39 is 39.2 Å². The molecule has 1 aliphatic heterocycles. The maximum atomic E-state index is 15.0. The molecule has 3 atom stereocenters. The summed E-state index contributed by atoms with van der Waals surface area (Å²) in [5.74, 6) is -1.20. The van der Waals surface area contributed by atoms with Crippen molar-refractivity contribution >= 4 is 54.2 Å². The van der Waals surface area contributed by atoms with Crippen LogP contribution in [-0.4, -0.2) is 62.2 Å². The number of likely N-dealkylation sites (tertiary alicyclic amines) is 1. The molecule has 0 spiro atoms. The van der Waals surface area contributed by atoms with Crippen LogP contribution in [0.15, 0.2) is 128 Å². The molecule has 272 valence electrons. The molecule has 0 aliphatic carbocycles. The first-order chi connectivity index (χ1) is 24.8. The summed E-state index contributed by atoms with van der Waals surface area (Å²) in [6.07, 6.45) is 0.963. The highest BCUT2D eigenvalue weighted by Gasteiger charge is 2.57. The van der Waals surface area contributed by atoms with Crippen LogP contribution in [0.1, 0.15) is 44.5 Å². The van der Waals surface area contributed by atoms with Gasteiger partial charge in [0.05, 0.1) is 25.2 Å². The Hall–Kier alpha value is -4.49. The predicted octanol–water partition coefficient (Wildman–Crippen LogP) is 7.36. The van der Waals surface area contributed by atoms with Gasteiger partial charge in [-0.05, 0) is 53.1 Å². The summed E-state index contributed by atoms with van der Waals surface area (Å²) in [7, 11) is -0.789. The molecule has 1 aliphatic rings. The number of hydrogen-bond donors (Lipinski definition) is 0. The molecule has 1 unspecified atom stereocenters. The second-order valence-electron chi connectivity index (χ2n) is 14.6. The van der Waals surface area contributed by atoms with Crippen molar-refractivity contribution in [3.05, 3.63) is 133 Å². The summed E-state index contributed by atoms with van der Waals surface area (Å²) >= 11 is 0. The third kappa shape index (κ3) is 7.52. The van der Waals surface area contributed by atoms with Crippen molar-refractivity contribution in [2.45, 2.75) is 64.4 Å². The van der Waals surface area contributed by atoms with Gasteiger partial charge in [0.25, 0.3) is 0 Å². The third-order valence-corrected chi connectivity index (χ3v) is 19.2. The van der Waals surface area contributed by atoms with Crippen molar-refractivity contribution in [1.82, 2.24) is 4.90 Å². The summed E-state index contributed by atoms with van der Waals surface area (Å²) in [6.45, 7) is 13.3. The molecule has 9 heteroatoms. The van der Waals surface area contributed by atoms with E-state index in [0.29, 0.717) is 11.3 Å². The molecule has 0 N–H and O–H groups in total. The fourth-order valence-corrected chi connectivity index (χ4v) is 12.6. The lowest BCUT2D eigenvalue weighted by molar-refractivity contribution is -0.156. The molecule has 4 aromatic rings. The second-order valence-corrected chi connectivity index (χ2v) is 22.7. The van der Waals surface area contributed by atoms with E-state index in [9.17, 15) is 9.59 Å². The Labute approximate surface area is 309 Å². The minimum atomic E-state index is -3.16. The van der Waals surface area contributed by atoms with Gasteiger partial charge >= 0.3 is 5.97 Å². The number of β-lactam (4-membered cyclic amide) rings is 1. The van der Waals surface area contributed by atoms with Crippen LogP contribution in [0.5, 0.6) is 5.75 Å². The standard InChI is InChI=1S/C43H50NO6PSi/c1-9-28-49-42(47)41(51(34-22-13-10-14-23-34,35-24-15-11-16-25-35)36-26-17-12-18-27-36)44-37(30-38(45)32-20-19-21-33(29-32)48-6)39(40(44)46)31(2)50-52(7,8)43(3,4)5/h9-27,29,31,37,39H,1,28,30H2,2-8H3/t31?,37-,39-/m1/s1. The van der Waals surface area contributed by atoms with Crippen molar-refractivity contribution in [1.29, 1.82) is 0 Å². The van der Waals surface area contributed by atoms with Gasteiger partial charge in [0.1, 0.15) is 17.8 Å². The molecule has 0 aromatic heterocycles. The Morgan fingerprint density at radius 3 is 1.85 bits per heavy atom. The zero-order valence-electron chi connectivity index (χ0n) is 31.2. The number of ketones is 1. The molecule has 0 saturated carbocycles. The van der Waals surface area contributed by atoms with Gasteiger partial charge in [-0.3, -0.25) is 9.59 Å². The van der Waals surface area contributed by atoms with E-state index in [2.05, 4.69) is 40.4 Å². The first-order valence-corrected chi connectivity index (χ1v) is 22.4. The number of Topliss-reactive ketones (excluding diaryl/α,β-unsaturated/α-hetero) is 1. The number of ether oxygens (including phenoxy) is 2. The summed E-state index contributed by atoms with van der Waals surface area (Å²) in [6, 6.07) is 35.9. The number of esters is 1. The minimum absolute atomic E-state index is 0.0363. The van der Waals surface area contributed by atoms with Crippen LogP contribution in [0.4, 0.5) is 0 Å². The maximum Gasteiger partial charge on any atom is 0.356 e. The molecule has 1 heterocycles. The maximum absolute atomic E-state index is 15.0. The first-order valence-electron chi connectivity index (χ1n) is 17.7. The number of methoxy groups -OCH3 is 1. The molecule has 1 fully saturated rings. The Kier molecular flexibility index (Phi) is 11.9. The Balaban J connectivity index is 1.83. The zero-order valence-corrected chi connectivity index (χ0v) is 33.1. The van der Waals surface area contributed by atoms with Crippen molar-refractivity contribution in [3.63, 3.8) is 0 Å². The summed E-state index contributed by atoms with van der Waals surface area (Å²) < 4.78 is 18.2. The van der Waals surface area contributed by atoms with Crippen LogP contribution in [0, 0.1) is 5.92 Å². The summed E-state index contributed by atoms with van der Waals surface area (Å²) in [4.78, 5) is 45.7. The third-order valence-electron chi connectivity index (χ3n) is 10.3. The number of carbonyl (C=O) groups excluding carboxylic acids is 3. The fraction of sp³-hybridized carbons (Fsp3) is 0.302. The van der Waals surface area contributed by atoms with Gasteiger partial charge in [0, 0.05) is 18.9 Å². The van der Waals surface area contributed by atoms with E-state index in [1.54, 1.807) is 36.3 Å². The van der Waals surface area contributed by atoms with E-state index in [0.717, 1.165) is 15.9 Å². The molecular formula is C43H50NO6PSi. The van der Waals surface area contributed by atoms with Gasteiger partial charge in [0.15, 0.2) is 14.1 Å². The normalized spacial score (nSPS) is 16.8. The van der Waals surface area contributed by atoms with Crippen LogP contribution in [0.2, 0.25) is 18.1 Å². The van der Waals surface area contributed by atoms with E-state index >= 15 is 4.79 Å². The highest BCUT2D eigenvalue weighted by molar-refractivity contribution is 7.96. The summed E-state index contributed by atoms with van der Waals surface area (Å²) in [5, 5.41) is 2.51. The molecule has 52 heavy (non-hydrogen) atoms. The van der Waals surface area contributed by atoms with Gasteiger partial charge in [-0.15, -0.1) is 0 Å². The largest absolute Gasteiger partial charge is 0.497 e. The van der Waals surface area contributed by atoms with Gasteiger partial charge in [-0.1, -0.05) is 137 Å². The lowest BCUT2D eigenvalue weighted by atomic mass is 9.79. The van der Waals surface area contributed by atoms with Crippen molar-refractivity contribution in [3.8, 4) is 5.75 Å². The minimum Gasteiger partial charge on any atom is -0.497 e. The van der Waals surface area contributed by atoms with Gasteiger partial charge in [-0.2, -0.15) is 0 Å². The SMILES string of the molecule is C=CCOC(=O)C(N1C(=O)[C@H](C(C)O[Si](C)(C)C(C)(C)C)[C@H]1CC(=O)c1cccc(OC)c1)=P(c1ccccc1)(c1ccccc1)c1ccccc1. The molecule has 5 rings (SSSR count). The van der Waals surface area contributed by atoms with Crippen LogP contribution in [0.3, 0.4) is 0 Å². The molecular weight excluding hydrogens is 686 g/mol.